The number of nitrogens with zero attached hydrogens (tertiary/aromatic N) is 5. The summed E-state index contributed by atoms with van der Waals surface area (Å²) in [5.74, 6) is 1.20. The van der Waals surface area contributed by atoms with Crippen molar-refractivity contribution in [2.24, 2.45) is 5.92 Å². The van der Waals surface area contributed by atoms with Crippen molar-refractivity contribution < 1.29 is 13.9 Å². The first-order valence-electron chi connectivity index (χ1n) is 8.96. The topological polar surface area (TPSA) is 94.8 Å². The van der Waals surface area contributed by atoms with Crippen molar-refractivity contribution in [1.82, 2.24) is 25.0 Å². The van der Waals surface area contributed by atoms with Gasteiger partial charge in [-0.25, -0.2) is 4.39 Å². The highest BCUT2D eigenvalue weighted by Crippen LogP contribution is 2.26. The summed E-state index contributed by atoms with van der Waals surface area (Å²) < 4.78 is 21.0. The first-order chi connectivity index (χ1) is 13.9. The van der Waals surface area contributed by atoms with Crippen LogP contribution in [0.15, 0.2) is 34.9 Å². The van der Waals surface area contributed by atoms with Crippen molar-refractivity contribution in [2.75, 3.05) is 11.1 Å². The zero-order chi connectivity index (χ0) is 20.8. The maximum atomic E-state index is 13.1. The zero-order valence-electron chi connectivity index (χ0n) is 16.2. The Kier molecular flexibility index (Phi) is 7.15. The second-order valence-electron chi connectivity index (χ2n) is 6.64. The number of carbonyl (C=O) groups is 1. The summed E-state index contributed by atoms with van der Waals surface area (Å²) in [5, 5.41) is 19.8. The maximum absolute atomic E-state index is 13.1. The lowest BCUT2D eigenvalue weighted by Gasteiger charge is -2.17. The predicted octanol–water partition coefficient (Wildman–Crippen LogP) is 3.80. The minimum absolute atomic E-state index is 0.170. The van der Waals surface area contributed by atoms with Gasteiger partial charge in [-0.1, -0.05) is 36.9 Å². The molecule has 0 saturated carbocycles. The molecule has 0 aliphatic carbocycles. The molecule has 29 heavy (non-hydrogen) atoms. The minimum atomic E-state index is -0.392. The van der Waals surface area contributed by atoms with Crippen LogP contribution in [0.25, 0.3) is 0 Å². The van der Waals surface area contributed by atoms with Crippen LogP contribution in [0.4, 0.5) is 9.52 Å². The number of nitrogens with one attached hydrogen (secondary N) is 1. The first kappa shape index (κ1) is 21.2. The average molecular weight is 437 g/mol. The number of thioether (sulfide) groups is 1. The van der Waals surface area contributed by atoms with E-state index in [1.807, 2.05) is 11.5 Å². The van der Waals surface area contributed by atoms with E-state index in [4.69, 9.17) is 4.74 Å². The molecule has 8 nitrogen and oxygen atoms in total. The Bertz CT molecular complexity index is 930. The number of benzene rings is 1. The summed E-state index contributed by atoms with van der Waals surface area (Å²) in [6.07, 6.45) is -0.392. The van der Waals surface area contributed by atoms with E-state index in [9.17, 15) is 9.18 Å². The van der Waals surface area contributed by atoms with E-state index >= 15 is 0 Å². The third kappa shape index (κ3) is 5.97. The van der Waals surface area contributed by atoms with E-state index in [-0.39, 0.29) is 17.5 Å². The van der Waals surface area contributed by atoms with Gasteiger partial charge >= 0.3 is 0 Å². The maximum Gasteiger partial charge on any atom is 0.236 e. The number of anilines is 1. The Morgan fingerprint density at radius 2 is 2.00 bits per heavy atom. The fraction of sp³-hybridized carbons (Fsp3) is 0.389. The van der Waals surface area contributed by atoms with Crippen LogP contribution in [0.5, 0.6) is 5.75 Å². The van der Waals surface area contributed by atoms with E-state index in [1.54, 1.807) is 17.6 Å². The smallest absolute Gasteiger partial charge is 0.236 e. The summed E-state index contributed by atoms with van der Waals surface area (Å²) in [7, 11) is 0. The zero-order valence-corrected chi connectivity index (χ0v) is 17.8. The van der Waals surface area contributed by atoms with E-state index < -0.39 is 6.10 Å². The lowest BCUT2D eigenvalue weighted by atomic mass is 10.2. The molecule has 3 aromatic rings. The molecule has 1 aromatic carbocycles. The van der Waals surface area contributed by atoms with Gasteiger partial charge < -0.3 is 9.30 Å². The highest BCUT2D eigenvalue weighted by Gasteiger charge is 2.21. The molecule has 2 aromatic heterocycles. The van der Waals surface area contributed by atoms with Crippen LogP contribution in [0.3, 0.4) is 0 Å². The number of hydrogen-bond acceptors (Lipinski definition) is 8. The third-order valence-corrected chi connectivity index (χ3v) is 5.30. The van der Waals surface area contributed by atoms with E-state index in [1.165, 1.54) is 35.2 Å². The third-order valence-electron chi connectivity index (χ3n) is 3.72. The molecule has 0 fully saturated rings. The molecule has 0 saturated heterocycles. The van der Waals surface area contributed by atoms with Gasteiger partial charge in [-0.15, -0.1) is 20.4 Å². The van der Waals surface area contributed by atoms with Crippen LogP contribution in [-0.2, 0) is 11.3 Å². The molecule has 11 heteroatoms. The van der Waals surface area contributed by atoms with E-state index in [0.717, 1.165) is 0 Å². The summed E-state index contributed by atoms with van der Waals surface area (Å²) >= 11 is 2.55. The Morgan fingerprint density at radius 1 is 1.24 bits per heavy atom. The highest BCUT2D eigenvalue weighted by atomic mass is 32.2. The summed E-state index contributed by atoms with van der Waals surface area (Å²) in [6.45, 7) is 6.72. The van der Waals surface area contributed by atoms with Crippen LogP contribution in [0.1, 0.15) is 32.7 Å². The number of carbonyl (C=O) groups excluding carboxylic acids is 1. The molecule has 1 unspecified atom stereocenters. The lowest BCUT2D eigenvalue weighted by Crippen LogP contribution is -2.17. The van der Waals surface area contributed by atoms with Crippen molar-refractivity contribution in [2.45, 2.75) is 38.6 Å². The van der Waals surface area contributed by atoms with Gasteiger partial charge in [-0.3, -0.25) is 10.1 Å². The monoisotopic (exact) mass is 436 g/mol. The van der Waals surface area contributed by atoms with Crippen molar-refractivity contribution in [1.29, 1.82) is 0 Å². The van der Waals surface area contributed by atoms with Crippen LogP contribution >= 0.6 is 23.1 Å². The number of halogens is 1. The van der Waals surface area contributed by atoms with Crippen molar-refractivity contribution in [3.63, 3.8) is 0 Å². The van der Waals surface area contributed by atoms with Gasteiger partial charge in [0.15, 0.2) is 17.1 Å². The van der Waals surface area contributed by atoms with Gasteiger partial charge in [-0.2, -0.15) is 0 Å². The summed E-state index contributed by atoms with van der Waals surface area (Å²) in [5.41, 5.74) is 1.55. The molecule has 154 valence electrons. The van der Waals surface area contributed by atoms with Crippen LogP contribution in [-0.4, -0.2) is 36.6 Å². The molecule has 0 aliphatic heterocycles. The fourth-order valence-electron chi connectivity index (χ4n) is 2.53. The van der Waals surface area contributed by atoms with Crippen LogP contribution in [0.2, 0.25) is 0 Å². The highest BCUT2D eigenvalue weighted by molar-refractivity contribution is 7.99. The summed E-state index contributed by atoms with van der Waals surface area (Å²) in [6, 6.07) is 5.84. The average Bonchev–Trinajstić information content (AvgIpc) is 3.31. The molecule has 1 N–H and O–H groups in total. The van der Waals surface area contributed by atoms with Crippen LogP contribution in [0, 0.1) is 11.7 Å². The number of ether oxygens (including phenoxy) is 1. The van der Waals surface area contributed by atoms with Gasteiger partial charge in [0.2, 0.25) is 11.0 Å². The van der Waals surface area contributed by atoms with Crippen molar-refractivity contribution in [3.05, 3.63) is 41.4 Å². The second kappa shape index (κ2) is 9.79. The first-order valence-corrected chi connectivity index (χ1v) is 10.8. The molecule has 2 heterocycles. The quantitative estimate of drug-likeness (QED) is 0.510. The molecule has 3 rings (SSSR count). The van der Waals surface area contributed by atoms with Gasteiger partial charge in [0.1, 0.15) is 17.1 Å². The Morgan fingerprint density at radius 3 is 2.66 bits per heavy atom. The number of hydrogen-bond donors (Lipinski definition) is 1. The SMILES string of the molecule is CC(C)Cn1c(SCC(=O)Nc2nncs2)nnc1C(C)Oc1ccc(F)cc1. The van der Waals surface area contributed by atoms with Gasteiger partial charge in [0.25, 0.3) is 0 Å². The molecule has 0 spiro atoms. The Balaban J connectivity index is 1.69. The molecule has 0 bridgehead atoms. The Labute approximate surface area is 175 Å². The summed E-state index contributed by atoms with van der Waals surface area (Å²) in [4.78, 5) is 12.1. The van der Waals surface area contributed by atoms with Gasteiger partial charge in [0, 0.05) is 6.54 Å². The number of rotatable bonds is 9. The normalized spacial score (nSPS) is 12.2. The molecular formula is C18H21FN6O2S2. The lowest BCUT2D eigenvalue weighted by molar-refractivity contribution is -0.113. The standard InChI is InChI=1S/C18H21FN6O2S2/c1-11(2)8-25-16(12(3)27-14-6-4-13(19)5-7-14)22-24-18(25)28-9-15(26)21-17-23-20-10-29-17/h4-7,10-12H,8-9H2,1-3H3,(H,21,23,26). The molecule has 0 radical (unpaired) electrons. The van der Waals surface area contributed by atoms with Crippen molar-refractivity contribution >= 4 is 34.1 Å². The second-order valence-corrected chi connectivity index (χ2v) is 8.42. The fourth-order valence-corrected chi connectivity index (χ4v) is 3.74. The minimum Gasteiger partial charge on any atom is -0.483 e. The van der Waals surface area contributed by atoms with E-state index in [0.29, 0.717) is 34.3 Å². The van der Waals surface area contributed by atoms with Gasteiger partial charge in [0.05, 0.1) is 5.75 Å². The molecule has 0 aliphatic rings. The number of aromatic nitrogens is 5. The Hall–Kier alpha value is -2.53. The van der Waals surface area contributed by atoms with E-state index in [2.05, 4.69) is 39.6 Å². The molecular weight excluding hydrogens is 415 g/mol. The molecule has 1 amide bonds. The van der Waals surface area contributed by atoms with Crippen molar-refractivity contribution in [3.8, 4) is 5.75 Å². The predicted molar refractivity (Wildman–Crippen MR) is 110 cm³/mol. The number of amides is 1. The largest absolute Gasteiger partial charge is 0.483 e. The van der Waals surface area contributed by atoms with Crippen LogP contribution < -0.4 is 10.1 Å². The molecule has 1 atom stereocenters. The van der Waals surface area contributed by atoms with Gasteiger partial charge in [-0.05, 0) is 37.1 Å².